The van der Waals surface area contributed by atoms with E-state index in [4.69, 9.17) is 0 Å². The molecule has 12 heteroatoms. The normalized spacial score (nSPS) is 11.4. The molecule has 48 heavy (non-hydrogen) atoms. The molecule has 0 aliphatic carbocycles. The fraction of sp³-hybridized carbons (Fsp3) is 1.00. The average molecular weight is 745 g/mol. The first-order valence-electron chi connectivity index (χ1n) is 19.3. The zero-order valence-corrected chi connectivity index (χ0v) is 37.8. The zero-order valence-electron chi connectivity index (χ0n) is 32.1. The van der Waals surface area contributed by atoms with Crippen LogP contribution in [-0.4, -0.2) is 39.2 Å². The van der Waals surface area contributed by atoms with Crippen LogP contribution in [0.3, 0.4) is 0 Å². The fourth-order valence-corrected chi connectivity index (χ4v) is 6.27. The van der Waals surface area contributed by atoms with Gasteiger partial charge in [-0.25, -0.2) is 16.8 Å². The molecular weight excluding hydrogens is 671 g/mol. The van der Waals surface area contributed by atoms with E-state index in [0.29, 0.717) is 12.8 Å². The van der Waals surface area contributed by atoms with E-state index < -0.39 is 20.8 Å². The Morgan fingerprint density at radius 1 is 0.312 bits per heavy atom. The number of hydrogen-bond acceptors (Lipinski definition) is 8. The Balaban J connectivity index is -0.000000387. The van der Waals surface area contributed by atoms with Crippen LogP contribution in [0.25, 0.3) is 0 Å². The molecule has 8 nitrogen and oxygen atoms in total. The van der Waals surface area contributed by atoms with Crippen LogP contribution in [0, 0.1) is 0 Å². The van der Waals surface area contributed by atoms with Crippen LogP contribution < -0.4 is 59.1 Å². The Morgan fingerprint density at radius 2 is 0.458 bits per heavy atom. The van der Waals surface area contributed by atoms with Crippen LogP contribution in [0.1, 0.15) is 219 Å². The van der Waals surface area contributed by atoms with Crippen molar-refractivity contribution in [2.24, 2.45) is 0 Å². The van der Waals surface area contributed by atoms with E-state index in [2.05, 4.69) is 22.2 Å². The maximum absolute atomic E-state index is 10.2. The second kappa shape index (κ2) is 44.9. The predicted octanol–water partition coefficient (Wildman–Crippen LogP) is 5.46. The van der Waals surface area contributed by atoms with E-state index in [1.54, 1.807) is 0 Å². The van der Waals surface area contributed by atoms with Gasteiger partial charge < -0.3 is 9.11 Å². The largest absolute Gasteiger partial charge is 1.00 e. The third kappa shape index (κ3) is 59.9. The van der Waals surface area contributed by atoms with Gasteiger partial charge in [0.05, 0.1) is 13.2 Å². The average Bonchev–Trinajstić information content (AvgIpc) is 2.99. The van der Waals surface area contributed by atoms with E-state index in [0.717, 1.165) is 25.7 Å². The van der Waals surface area contributed by atoms with Crippen molar-refractivity contribution >= 4 is 20.8 Å². The number of rotatable bonds is 36. The van der Waals surface area contributed by atoms with Gasteiger partial charge in [-0.15, -0.1) is 0 Å². The van der Waals surface area contributed by atoms with Crippen molar-refractivity contribution < 1.29 is 93.4 Å². The molecule has 280 valence electrons. The summed E-state index contributed by atoms with van der Waals surface area (Å²) in [5.41, 5.74) is 0. The molecule has 0 fully saturated rings. The van der Waals surface area contributed by atoms with Gasteiger partial charge in [-0.2, -0.15) is 0 Å². The topological polar surface area (TPSA) is 133 Å². The zero-order chi connectivity index (χ0) is 34.5. The summed E-state index contributed by atoms with van der Waals surface area (Å²) in [6.07, 6.45) is 40.6. The minimum absolute atomic E-state index is 0. The van der Waals surface area contributed by atoms with Crippen LogP contribution in [-0.2, 0) is 29.2 Å². The second-order valence-electron chi connectivity index (χ2n) is 13.1. The minimum atomic E-state index is -4.49. The molecule has 0 N–H and O–H groups in total. The molecule has 0 spiro atoms. The SMILES string of the molecule is CCCCCCCCCCCCCCCCCCOS(=O)(=O)[O-].CCCCCCCCCCCCCCCCCCOS(=O)(=O)[O-].[Na+].[Na+]. The van der Waals surface area contributed by atoms with Gasteiger partial charge in [-0.3, -0.25) is 8.37 Å². The number of hydrogen-bond donors (Lipinski definition) is 0. The third-order valence-electron chi connectivity index (χ3n) is 8.45. The van der Waals surface area contributed by atoms with Crippen LogP contribution in [0.4, 0.5) is 0 Å². The van der Waals surface area contributed by atoms with Crippen molar-refractivity contribution in [3.05, 3.63) is 0 Å². The summed E-state index contributed by atoms with van der Waals surface area (Å²) >= 11 is 0. The van der Waals surface area contributed by atoms with Gasteiger partial charge in [0.2, 0.25) is 20.8 Å². The molecule has 0 saturated carbocycles. The van der Waals surface area contributed by atoms with Gasteiger partial charge in [0.25, 0.3) is 0 Å². The van der Waals surface area contributed by atoms with Gasteiger partial charge in [0.15, 0.2) is 0 Å². The quantitative estimate of drug-likeness (QED) is 0.0358. The molecule has 0 aromatic carbocycles. The van der Waals surface area contributed by atoms with Crippen LogP contribution in [0.2, 0.25) is 0 Å². The van der Waals surface area contributed by atoms with E-state index in [1.807, 2.05) is 0 Å². The summed E-state index contributed by atoms with van der Waals surface area (Å²) in [6.45, 7) is 4.58. The minimum Gasteiger partial charge on any atom is -0.726 e. The van der Waals surface area contributed by atoms with Crippen molar-refractivity contribution in [2.75, 3.05) is 13.2 Å². The van der Waals surface area contributed by atoms with E-state index in [-0.39, 0.29) is 72.3 Å². The van der Waals surface area contributed by atoms with Crippen LogP contribution >= 0.6 is 0 Å². The molecule has 0 heterocycles. The molecular formula is C36H74Na2O8S2. The first kappa shape index (κ1) is 56.5. The maximum Gasteiger partial charge on any atom is 1.00 e. The summed E-state index contributed by atoms with van der Waals surface area (Å²) in [5, 5.41) is 0. The van der Waals surface area contributed by atoms with Crippen LogP contribution in [0.5, 0.6) is 0 Å². The smallest absolute Gasteiger partial charge is 0.726 e. The van der Waals surface area contributed by atoms with Gasteiger partial charge >= 0.3 is 59.1 Å². The summed E-state index contributed by atoms with van der Waals surface area (Å²) in [7, 11) is -8.99. The van der Waals surface area contributed by atoms with Crippen molar-refractivity contribution in [3.63, 3.8) is 0 Å². The molecule has 0 unspecified atom stereocenters. The molecule has 0 aromatic rings. The molecule has 0 atom stereocenters. The Bertz CT molecular complexity index is 734. The van der Waals surface area contributed by atoms with Gasteiger partial charge in [0, 0.05) is 0 Å². The fourth-order valence-electron chi connectivity index (χ4n) is 5.62. The Labute approximate surface area is 343 Å². The standard InChI is InChI=1S/2C18H38O4S.2Na/c2*1-2-3-4-5-6-7-8-9-10-11-12-13-14-15-16-17-18-22-23(19,20)21;;/h2*2-18H2,1H3,(H,19,20,21);;/q;;2*+1/p-2. The Kier molecular flexibility index (Phi) is 52.8. The molecule has 0 amide bonds. The van der Waals surface area contributed by atoms with Gasteiger partial charge in [-0.05, 0) is 12.8 Å². The predicted molar refractivity (Wildman–Crippen MR) is 190 cm³/mol. The monoisotopic (exact) mass is 744 g/mol. The maximum atomic E-state index is 10.2. The third-order valence-corrected chi connectivity index (χ3v) is 9.36. The number of unbranched alkanes of at least 4 members (excludes halogenated alkanes) is 30. The summed E-state index contributed by atoms with van der Waals surface area (Å²) in [4.78, 5) is 0. The van der Waals surface area contributed by atoms with E-state index >= 15 is 0 Å². The van der Waals surface area contributed by atoms with Crippen molar-refractivity contribution in [1.82, 2.24) is 0 Å². The Morgan fingerprint density at radius 3 is 0.604 bits per heavy atom. The molecule has 0 aromatic heterocycles. The molecule has 0 saturated heterocycles. The summed E-state index contributed by atoms with van der Waals surface area (Å²) in [6, 6.07) is 0. The first-order valence-corrected chi connectivity index (χ1v) is 22.0. The van der Waals surface area contributed by atoms with Crippen molar-refractivity contribution in [3.8, 4) is 0 Å². The van der Waals surface area contributed by atoms with E-state index in [9.17, 15) is 25.9 Å². The molecule has 0 bridgehead atoms. The molecule has 0 aliphatic rings. The molecule has 0 rings (SSSR count). The summed E-state index contributed by atoms with van der Waals surface area (Å²) in [5.74, 6) is 0. The van der Waals surface area contributed by atoms with E-state index in [1.165, 1.54) is 167 Å². The van der Waals surface area contributed by atoms with Gasteiger partial charge in [-0.1, -0.05) is 206 Å². The van der Waals surface area contributed by atoms with Gasteiger partial charge in [0.1, 0.15) is 0 Å². The van der Waals surface area contributed by atoms with Crippen molar-refractivity contribution in [1.29, 1.82) is 0 Å². The van der Waals surface area contributed by atoms with Crippen molar-refractivity contribution in [2.45, 2.75) is 219 Å². The summed E-state index contributed by atoms with van der Waals surface area (Å²) < 4.78 is 69.6. The Hall–Kier alpha value is 1.74. The van der Waals surface area contributed by atoms with Crippen LogP contribution in [0.15, 0.2) is 0 Å². The molecule has 0 aliphatic heterocycles. The first-order chi connectivity index (χ1) is 22.1. The second-order valence-corrected chi connectivity index (χ2v) is 15.2. The molecule has 0 radical (unpaired) electrons.